The lowest BCUT2D eigenvalue weighted by atomic mass is 10.2. The van der Waals surface area contributed by atoms with Gasteiger partial charge in [-0.05, 0) is 35.0 Å². The van der Waals surface area contributed by atoms with Gasteiger partial charge in [0.25, 0.3) is 0 Å². The molecule has 1 aromatic carbocycles. The molecule has 0 amide bonds. The molecular formula is C12H11BrFN3O2. The van der Waals surface area contributed by atoms with Crippen LogP contribution in [0.2, 0.25) is 0 Å². The van der Waals surface area contributed by atoms with E-state index in [1.54, 1.807) is 12.1 Å². The van der Waals surface area contributed by atoms with Gasteiger partial charge in [0.05, 0.1) is 17.3 Å². The summed E-state index contributed by atoms with van der Waals surface area (Å²) in [4.78, 5) is 7.91. The predicted molar refractivity (Wildman–Crippen MR) is 72.5 cm³/mol. The first-order chi connectivity index (χ1) is 8.93. The number of nitrogens with zero attached hydrogens (tertiary/aromatic N) is 2. The highest BCUT2D eigenvalue weighted by atomic mass is 79.9. The summed E-state index contributed by atoms with van der Waals surface area (Å²) in [6.07, 6.45) is 0. The second kappa shape index (κ2) is 5.00. The van der Waals surface area contributed by atoms with Crippen LogP contribution in [0, 0.1) is 12.7 Å². The fourth-order valence-corrected chi connectivity index (χ4v) is 2.01. The number of nitrogens with two attached hydrogens (primary N) is 1. The van der Waals surface area contributed by atoms with Gasteiger partial charge >= 0.3 is 0 Å². The van der Waals surface area contributed by atoms with Gasteiger partial charge in [0.2, 0.25) is 0 Å². The highest BCUT2D eigenvalue weighted by molar-refractivity contribution is 9.10. The number of aromatic nitrogens is 2. The molecule has 5 nitrogen and oxygen atoms in total. The molecule has 0 saturated heterocycles. The van der Waals surface area contributed by atoms with Crippen molar-refractivity contribution in [1.82, 2.24) is 9.97 Å². The summed E-state index contributed by atoms with van der Waals surface area (Å²) in [5, 5.41) is 9.72. The first-order valence-electron chi connectivity index (χ1n) is 5.30. The zero-order valence-corrected chi connectivity index (χ0v) is 11.8. The Morgan fingerprint density at radius 1 is 1.37 bits per heavy atom. The third kappa shape index (κ3) is 2.46. The van der Waals surface area contributed by atoms with Gasteiger partial charge in [-0.3, -0.25) is 0 Å². The number of phenolic OH excluding ortho intramolecular Hbond substituents is 1. The molecule has 0 atom stereocenters. The van der Waals surface area contributed by atoms with Crippen LogP contribution in [0.1, 0.15) is 5.69 Å². The molecule has 2 aromatic rings. The normalized spacial score (nSPS) is 10.5. The van der Waals surface area contributed by atoms with E-state index in [-0.39, 0.29) is 28.8 Å². The Kier molecular flexibility index (Phi) is 3.57. The molecule has 1 heterocycles. The number of hydrogen-bond acceptors (Lipinski definition) is 5. The quantitative estimate of drug-likeness (QED) is 0.886. The maximum Gasteiger partial charge on any atom is 0.186 e. The Labute approximate surface area is 117 Å². The molecule has 0 unspecified atom stereocenters. The smallest absolute Gasteiger partial charge is 0.186 e. The van der Waals surface area contributed by atoms with Crippen LogP contribution in [0.5, 0.6) is 11.5 Å². The van der Waals surface area contributed by atoms with E-state index in [2.05, 4.69) is 25.9 Å². The highest BCUT2D eigenvalue weighted by Crippen LogP contribution is 2.37. The number of nitrogen functional groups attached to an aromatic ring is 1. The van der Waals surface area contributed by atoms with Crippen molar-refractivity contribution in [3.05, 3.63) is 28.1 Å². The minimum atomic E-state index is -0.631. The molecule has 0 fully saturated rings. The molecule has 100 valence electrons. The van der Waals surface area contributed by atoms with Gasteiger partial charge < -0.3 is 15.6 Å². The van der Waals surface area contributed by atoms with Crippen LogP contribution < -0.4 is 10.5 Å². The highest BCUT2D eigenvalue weighted by Gasteiger charge is 2.14. The lowest BCUT2D eigenvalue weighted by Crippen LogP contribution is -2.03. The topological polar surface area (TPSA) is 81.3 Å². The molecule has 3 N–H and O–H groups in total. The van der Waals surface area contributed by atoms with Crippen molar-refractivity contribution in [2.75, 3.05) is 12.8 Å². The van der Waals surface area contributed by atoms with Crippen LogP contribution in [-0.4, -0.2) is 22.2 Å². The molecule has 0 spiro atoms. The number of rotatable bonds is 2. The number of aromatic hydroxyl groups is 1. The summed E-state index contributed by atoms with van der Waals surface area (Å²) in [6, 6.07) is 3.15. The van der Waals surface area contributed by atoms with Crippen LogP contribution >= 0.6 is 15.9 Å². The van der Waals surface area contributed by atoms with Crippen LogP contribution in [0.4, 0.5) is 10.2 Å². The molecule has 0 bridgehead atoms. The molecule has 0 radical (unpaired) electrons. The maximum absolute atomic E-state index is 13.4. The molecule has 0 aliphatic heterocycles. The number of methoxy groups -OCH3 is 1. The van der Waals surface area contributed by atoms with Gasteiger partial charge in [0, 0.05) is 5.56 Å². The first kappa shape index (κ1) is 13.5. The first-order valence-corrected chi connectivity index (χ1v) is 6.09. The van der Waals surface area contributed by atoms with E-state index in [1.807, 2.05) is 0 Å². The van der Waals surface area contributed by atoms with E-state index in [4.69, 9.17) is 10.5 Å². The molecule has 2 rings (SSSR count). The minimum Gasteiger partial charge on any atom is -0.503 e. The van der Waals surface area contributed by atoms with Crippen LogP contribution in [0.3, 0.4) is 0 Å². The Bertz CT molecular complexity index is 626. The fourth-order valence-electron chi connectivity index (χ4n) is 1.57. The number of anilines is 1. The molecule has 0 aliphatic carbocycles. The summed E-state index contributed by atoms with van der Waals surface area (Å²) in [7, 11) is 1.43. The molecule has 0 aliphatic rings. The zero-order valence-electron chi connectivity index (χ0n) is 10.2. The van der Waals surface area contributed by atoms with Crippen molar-refractivity contribution in [2.45, 2.75) is 6.92 Å². The minimum absolute atomic E-state index is 0.0296. The van der Waals surface area contributed by atoms with Crippen molar-refractivity contribution in [3.8, 4) is 22.9 Å². The number of phenols is 1. The molecule has 19 heavy (non-hydrogen) atoms. The summed E-state index contributed by atoms with van der Waals surface area (Å²) in [5.41, 5.74) is 6.19. The third-order valence-corrected chi connectivity index (χ3v) is 3.15. The van der Waals surface area contributed by atoms with E-state index in [9.17, 15) is 9.50 Å². The largest absolute Gasteiger partial charge is 0.503 e. The van der Waals surface area contributed by atoms with Crippen molar-refractivity contribution in [3.63, 3.8) is 0 Å². The molecular weight excluding hydrogens is 317 g/mol. The van der Waals surface area contributed by atoms with Crippen molar-refractivity contribution in [1.29, 1.82) is 0 Å². The van der Waals surface area contributed by atoms with Crippen LogP contribution in [0.25, 0.3) is 11.4 Å². The van der Waals surface area contributed by atoms with Crippen molar-refractivity contribution in [2.24, 2.45) is 0 Å². The lowest BCUT2D eigenvalue weighted by molar-refractivity contribution is 0.372. The SMILES string of the molecule is COc1cc(-c2nc(C)c(F)c(N)n2)cc(Br)c1O. The average molecular weight is 328 g/mol. The fraction of sp³-hybridized carbons (Fsp3) is 0.167. The van der Waals surface area contributed by atoms with E-state index in [1.165, 1.54) is 14.0 Å². The molecule has 7 heteroatoms. The number of benzene rings is 1. The molecule has 0 saturated carbocycles. The standard InChI is InChI=1S/C12H11BrFN3O2/c1-5-9(14)11(15)17-12(16-5)6-3-7(13)10(18)8(4-6)19-2/h3-4,18H,1-2H3,(H2,15,16,17). The van der Waals surface area contributed by atoms with E-state index in [0.29, 0.717) is 10.0 Å². The van der Waals surface area contributed by atoms with Crippen molar-refractivity contribution >= 4 is 21.7 Å². The van der Waals surface area contributed by atoms with Crippen LogP contribution in [0.15, 0.2) is 16.6 Å². The molecule has 1 aromatic heterocycles. The van der Waals surface area contributed by atoms with Gasteiger partial charge in [0.15, 0.2) is 29.0 Å². The zero-order chi connectivity index (χ0) is 14.2. The van der Waals surface area contributed by atoms with Crippen LogP contribution in [-0.2, 0) is 0 Å². The Balaban J connectivity index is 2.62. The Morgan fingerprint density at radius 3 is 2.63 bits per heavy atom. The van der Waals surface area contributed by atoms with Gasteiger partial charge in [0.1, 0.15) is 0 Å². The van der Waals surface area contributed by atoms with E-state index < -0.39 is 5.82 Å². The van der Waals surface area contributed by atoms with E-state index in [0.717, 1.165) is 0 Å². The summed E-state index contributed by atoms with van der Waals surface area (Å²) >= 11 is 3.20. The maximum atomic E-state index is 13.4. The third-order valence-electron chi connectivity index (χ3n) is 2.55. The monoisotopic (exact) mass is 327 g/mol. The Hall–Kier alpha value is -1.89. The van der Waals surface area contributed by atoms with Gasteiger partial charge in [-0.25, -0.2) is 14.4 Å². The lowest BCUT2D eigenvalue weighted by Gasteiger charge is -2.09. The second-order valence-electron chi connectivity index (χ2n) is 3.84. The van der Waals surface area contributed by atoms with E-state index >= 15 is 0 Å². The Morgan fingerprint density at radius 2 is 2.05 bits per heavy atom. The predicted octanol–water partition coefficient (Wildman–Crippen LogP) is 2.65. The van der Waals surface area contributed by atoms with Gasteiger partial charge in [-0.1, -0.05) is 0 Å². The second-order valence-corrected chi connectivity index (χ2v) is 4.70. The number of ether oxygens (including phenoxy) is 1. The van der Waals surface area contributed by atoms with Crippen molar-refractivity contribution < 1.29 is 14.2 Å². The number of hydrogen-bond donors (Lipinski definition) is 2. The summed E-state index contributed by atoms with van der Waals surface area (Å²) < 4.78 is 18.8. The van der Waals surface area contributed by atoms with Gasteiger partial charge in [-0.15, -0.1) is 0 Å². The van der Waals surface area contributed by atoms with Gasteiger partial charge in [-0.2, -0.15) is 0 Å². The summed E-state index contributed by atoms with van der Waals surface area (Å²) in [5.74, 6) is -0.360. The average Bonchev–Trinajstić information content (AvgIpc) is 2.38. The summed E-state index contributed by atoms with van der Waals surface area (Å²) in [6.45, 7) is 1.50. The number of aryl methyl sites for hydroxylation is 1. The number of halogens is 2.